The molecule has 8 heteroatoms. The molecule has 1 aliphatic heterocycles. The summed E-state index contributed by atoms with van der Waals surface area (Å²) in [5.41, 5.74) is 6.35. The standard InChI is InChI=1S/C26H24N6O2/c1-17(21-5-3-2-4-18(21)13-27)31-26(33)25-29-14-19(15-30-25)22-6-7-24-23(22)12-20(16-28-24)32-8-10-34-11-9-32/h2-6,12,14-17H,7-11H2,1H3,(H,31,33). The van der Waals surface area contributed by atoms with Crippen LogP contribution in [0.25, 0.3) is 5.57 Å². The third-order valence-electron chi connectivity index (χ3n) is 6.18. The Labute approximate surface area is 197 Å². The number of nitrogens with zero attached hydrogens (tertiary/aromatic N) is 5. The molecule has 1 aromatic carbocycles. The van der Waals surface area contributed by atoms with Crippen LogP contribution in [0.3, 0.4) is 0 Å². The Hall–Kier alpha value is -4.09. The SMILES string of the molecule is CC(NC(=O)c1ncc(C2=CCc3ncc(N4CCOCC4)cc32)cn1)c1ccccc1C#N. The van der Waals surface area contributed by atoms with Crippen molar-refractivity contribution in [2.45, 2.75) is 19.4 Å². The van der Waals surface area contributed by atoms with Crippen molar-refractivity contribution >= 4 is 17.2 Å². The molecule has 3 heterocycles. The number of morpholine rings is 1. The average molecular weight is 453 g/mol. The van der Waals surface area contributed by atoms with Crippen LogP contribution in [0.5, 0.6) is 0 Å². The van der Waals surface area contributed by atoms with Crippen molar-refractivity contribution in [1.82, 2.24) is 20.3 Å². The van der Waals surface area contributed by atoms with E-state index in [4.69, 9.17) is 4.74 Å². The van der Waals surface area contributed by atoms with Gasteiger partial charge in [-0.25, -0.2) is 9.97 Å². The second kappa shape index (κ2) is 9.41. The summed E-state index contributed by atoms with van der Waals surface area (Å²) >= 11 is 0. The summed E-state index contributed by atoms with van der Waals surface area (Å²) in [6.45, 7) is 4.98. The zero-order valence-corrected chi connectivity index (χ0v) is 18.9. The number of carbonyl (C=O) groups is 1. The molecule has 0 saturated carbocycles. The maximum Gasteiger partial charge on any atom is 0.289 e. The van der Waals surface area contributed by atoms with Crippen LogP contribution in [0, 0.1) is 11.3 Å². The molecule has 2 aliphatic rings. The van der Waals surface area contributed by atoms with Gasteiger partial charge in [0.1, 0.15) is 0 Å². The van der Waals surface area contributed by atoms with Gasteiger partial charge in [0.25, 0.3) is 5.91 Å². The molecule has 1 saturated heterocycles. The molecule has 1 atom stereocenters. The van der Waals surface area contributed by atoms with E-state index < -0.39 is 0 Å². The Balaban J connectivity index is 1.32. The minimum Gasteiger partial charge on any atom is -0.378 e. The Morgan fingerprint density at radius 3 is 2.68 bits per heavy atom. The van der Waals surface area contributed by atoms with E-state index in [1.165, 1.54) is 0 Å². The fraction of sp³-hybridized carbons (Fsp3) is 0.269. The summed E-state index contributed by atoms with van der Waals surface area (Å²) in [4.78, 5) is 28.3. The summed E-state index contributed by atoms with van der Waals surface area (Å²) in [6.07, 6.45) is 8.17. The lowest BCUT2D eigenvalue weighted by Gasteiger charge is -2.29. The quantitative estimate of drug-likeness (QED) is 0.634. The van der Waals surface area contributed by atoms with E-state index in [2.05, 4.69) is 43.4 Å². The number of fused-ring (bicyclic) bond motifs is 1. The average Bonchev–Trinajstić information content (AvgIpc) is 3.32. The van der Waals surface area contributed by atoms with Gasteiger partial charge >= 0.3 is 0 Å². The Bertz CT molecular complexity index is 1290. The van der Waals surface area contributed by atoms with Gasteiger partial charge < -0.3 is 15.0 Å². The topological polar surface area (TPSA) is 104 Å². The van der Waals surface area contributed by atoms with Crippen molar-refractivity contribution in [2.75, 3.05) is 31.2 Å². The van der Waals surface area contributed by atoms with Crippen molar-refractivity contribution in [3.8, 4) is 6.07 Å². The molecule has 0 radical (unpaired) electrons. The van der Waals surface area contributed by atoms with Crippen LogP contribution in [0.15, 0.2) is 55.0 Å². The molecule has 8 nitrogen and oxygen atoms in total. The van der Waals surface area contributed by atoms with Gasteiger partial charge in [-0.2, -0.15) is 5.26 Å². The van der Waals surface area contributed by atoms with Gasteiger partial charge in [-0.3, -0.25) is 9.78 Å². The van der Waals surface area contributed by atoms with Crippen molar-refractivity contribution in [1.29, 1.82) is 5.26 Å². The number of anilines is 1. The van der Waals surface area contributed by atoms with Gasteiger partial charge in [-0.05, 0) is 30.2 Å². The van der Waals surface area contributed by atoms with E-state index in [1.807, 2.05) is 25.3 Å². The second-order valence-electron chi connectivity index (χ2n) is 8.30. The molecule has 2 aromatic heterocycles. The number of aromatic nitrogens is 3. The molecule has 1 aliphatic carbocycles. The van der Waals surface area contributed by atoms with E-state index in [1.54, 1.807) is 24.5 Å². The van der Waals surface area contributed by atoms with Gasteiger partial charge in [0.2, 0.25) is 5.82 Å². The summed E-state index contributed by atoms with van der Waals surface area (Å²) in [5, 5.41) is 12.2. The summed E-state index contributed by atoms with van der Waals surface area (Å²) in [5.74, 6) is -0.298. The third kappa shape index (κ3) is 4.26. The highest BCUT2D eigenvalue weighted by atomic mass is 16.5. The van der Waals surface area contributed by atoms with E-state index in [0.29, 0.717) is 5.56 Å². The smallest absolute Gasteiger partial charge is 0.289 e. The van der Waals surface area contributed by atoms with Crippen molar-refractivity contribution in [2.24, 2.45) is 0 Å². The van der Waals surface area contributed by atoms with E-state index in [9.17, 15) is 10.1 Å². The predicted octanol–water partition coefficient (Wildman–Crippen LogP) is 3.06. The molecule has 0 bridgehead atoms. The normalized spacial score (nSPS) is 15.8. The van der Waals surface area contributed by atoms with E-state index >= 15 is 0 Å². The highest BCUT2D eigenvalue weighted by Crippen LogP contribution is 2.33. The van der Waals surface area contributed by atoms with Gasteiger partial charge in [-0.1, -0.05) is 24.3 Å². The Morgan fingerprint density at radius 1 is 1.15 bits per heavy atom. The summed E-state index contributed by atoms with van der Waals surface area (Å²) in [6, 6.07) is 11.2. The van der Waals surface area contributed by atoms with Gasteiger partial charge in [0.15, 0.2) is 0 Å². The van der Waals surface area contributed by atoms with Crippen LogP contribution in [0.4, 0.5) is 5.69 Å². The molecule has 1 N–H and O–H groups in total. The molecule has 5 rings (SSSR count). The molecular formula is C26H24N6O2. The number of amides is 1. The Kier molecular flexibility index (Phi) is 6.02. The number of carbonyl (C=O) groups excluding carboxylic acids is 1. The number of rotatable bonds is 5. The molecular weight excluding hydrogens is 428 g/mol. The number of nitriles is 1. The third-order valence-corrected chi connectivity index (χ3v) is 6.18. The number of pyridine rings is 1. The number of hydrogen-bond acceptors (Lipinski definition) is 7. The summed E-state index contributed by atoms with van der Waals surface area (Å²) in [7, 11) is 0. The first kappa shape index (κ1) is 21.7. The van der Waals surface area contributed by atoms with E-state index in [0.717, 1.165) is 66.4 Å². The number of nitrogens with one attached hydrogen (secondary N) is 1. The number of hydrogen-bond donors (Lipinski definition) is 1. The molecule has 1 fully saturated rings. The minimum atomic E-state index is -0.385. The second-order valence-corrected chi connectivity index (χ2v) is 8.30. The van der Waals surface area contributed by atoms with Crippen molar-refractivity contribution in [3.05, 3.63) is 88.8 Å². The molecule has 0 spiro atoms. The zero-order valence-electron chi connectivity index (χ0n) is 18.9. The first-order valence-electron chi connectivity index (χ1n) is 11.3. The monoisotopic (exact) mass is 452 g/mol. The fourth-order valence-corrected chi connectivity index (χ4v) is 4.35. The van der Waals surface area contributed by atoms with Crippen LogP contribution < -0.4 is 10.2 Å². The van der Waals surface area contributed by atoms with Crippen LogP contribution in [0.1, 0.15) is 51.5 Å². The lowest BCUT2D eigenvalue weighted by molar-refractivity contribution is 0.0929. The fourth-order valence-electron chi connectivity index (χ4n) is 4.35. The maximum absolute atomic E-state index is 12.7. The Morgan fingerprint density at radius 2 is 1.91 bits per heavy atom. The highest BCUT2D eigenvalue weighted by Gasteiger charge is 2.22. The van der Waals surface area contributed by atoms with Crippen LogP contribution >= 0.6 is 0 Å². The molecule has 1 unspecified atom stereocenters. The largest absolute Gasteiger partial charge is 0.378 e. The molecule has 3 aromatic rings. The predicted molar refractivity (Wildman–Crippen MR) is 127 cm³/mol. The lowest BCUT2D eigenvalue weighted by atomic mass is 10.0. The molecule has 170 valence electrons. The van der Waals surface area contributed by atoms with Crippen LogP contribution in [-0.4, -0.2) is 47.2 Å². The summed E-state index contributed by atoms with van der Waals surface area (Å²) < 4.78 is 5.46. The van der Waals surface area contributed by atoms with Gasteiger partial charge in [-0.15, -0.1) is 0 Å². The van der Waals surface area contributed by atoms with Gasteiger partial charge in [0, 0.05) is 43.0 Å². The lowest BCUT2D eigenvalue weighted by Crippen LogP contribution is -2.36. The first-order valence-corrected chi connectivity index (χ1v) is 11.3. The van der Waals surface area contributed by atoms with Crippen molar-refractivity contribution < 1.29 is 9.53 Å². The van der Waals surface area contributed by atoms with Crippen molar-refractivity contribution in [3.63, 3.8) is 0 Å². The number of ether oxygens (including phenoxy) is 1. The number of benzene rings is 1. The maximum atomic E-state index is 12.7. The van der Waals surface area contributed by atoms with Gasteiger partial charge in [0.05, 0.1) is 48.5 Å². The zero-order chi connectivity index (χ0) is 23.5. The highest BCUT2D eigenvalue weighted by molar-refractivity contribution is 5.91. The number of allylic oxidation sites excluding steroid dienone is 1. The minimum absolute atomic E-state index is 0.0871. The van der Waals surface area contributed by atoms with E-state index in [-0.39, 0.29) is 17.8 Å². The molecule has 1 amide bonds. The first-order chi connectivity index (χ1) is 16.6. The molecule has 34 heavy (non-hydrogen) atoms. The van der Waals surface area contributed by atoms with Crippen LogP contribution in [-0.2, 0) is 11.2 Å². The van der Waals surface area contributed by atoms with Crippen LogP contribution in [0.2, 0.25) is 0 Å².